The van der Waals surface area contributed by atoms with Crippen molar-refractivity contribution in [2.24, 2.45) is 0 Å². The Morgan fingerprint density at radius 1 is 1.14 bits per heavy atom. The van der Waals surface area contributed by atoms with Crippen LogP contribution >= 0.6 is 0 Å². The summed E-state index contributed by atoms with van der Waals surface area (Å²) >= 11 is 0. The highest BCUT2D eigenvalue weighted by molar-refractivity contribution is 7.90. The predicted molar refractivity (Wildman–Crippen MR) is 70.7 cm³/mol. The average Bonchev–Trinajstić information content (AvgIpc) is 2.40. The first kappa shape index (κ1) is 15.3. The van der Waals surface area contributed by atoms with Crippen LogP contribution in [0.2, 0.25) is 0 Å². The van der Waals surface area contributed by atoms with E-state index >= 15 is 0 Å². The van der Waals surface area contributed by atoms with E-state index in [0.29, 0.717) is 5.56 Å². The number of halogens is 2. The molecule has 5 nitrogen and oxygen atoms in total. The Morgan fingerprint density at radius 2 is 1.71 bits per heavy atom. The van der Waals surface area contributed by atoms with Gasteiger partial charge in [0, 0.05) is 12.4 Å². The lowest BCUT2D eigenvalue weighted by molar-refractivity contribution is -0.0498. The molecule has 2 rings (SSSR count). The number of rotatable bonds is 5. The number of hydrogen-bond donors (Lipinski definition) is 0. The molecule has 0 bridgehead atoms. The summed E-state index contributed by atoms with van der Waals surface area (Å²) in [6.45, 7) is -1.17. The van der Waals surface area contributed by atoms with E-state index in [2.05, 4.69) is 14.7 Å². The highest BCUT2D eigenvalue weighted by Crippen LogP contribution is 2.18. The summed E-state index contributed by atoms with van der Waals surface area (Å²) in [6.07, 6.45) is 2.83. The van der Waals surface area contributed by atoms with Gasteiger partial charge in [-0.1, -0.05) is 12.1 Å². The molecule has 0 amide bonds. The molecule has 0 spiro atoms. The van der Waals surface area contributed by atoms with Crippen LogP contribution in [0, 0.1) is 6.92 Å². The van der Waals surface area contributed by atoms with E-state index in [-0.39, 0.29) is 16.7 Å². The van der Waals surface area contributed by atoms with Gasteiger partial charge < -0.3 is 4.74 Å². The molecule has 1 aromatic carbocycles. The van der Waals surface area contributed by atoms with Crippen molar-refractivity contribution in [3.8, 4) is 5.75 Å². The fourth-order valence-corrected chi connectivity index (χ4v) is 2.78. The van der Waals surface area contributed by atoms with Crippen molar-refractivity contribution in [2.45, 2.75) is 24.4 Å². The fourth-order valence-electron chi connectivity index (χ4n) is 1.59. The normalized spacial score (nSPS) is 11.6. The second kappa shape index (κ2) is 6.13. The van der Waals surface area contributed by atoms with Crippen LogP contribution in [0.4, 0.5) is 8.78 Å². The Hall–Kier alpha value is -2.09. The molecule has 21 heavy (non-hydrogen) atoms. The Balaban J connectivity index is 2.15. The van der Waals surface area contributed by atoms with Crippen molar-refractivity contribution in [1.29, 1.82) is 0 Å². The van der Waals surface area contributed by atoms with Gasteiger partial charge in [0.25, 0.3) is 0 Å². The minimum atomic E-state index is -3.68. The van der Waals surface area contributed by atoms with Crippen molar-refractivity contribution in [1.82, 2.24) is 9.97 Å². The fraction of sp³-hybridized carbons (Fsp3) is 0.231. The van der Waals surface area contributed by atoms with Crippen LogP contribution in [-0.4, -0.2) is 25.0 Å². The molecule has 1 aromatic heterocycles. The maximum Gasteiger partial charge on any atom is 0.387 e. The highest BCUT2D eigenvalue weighted by atomic mass is 32.2. The number of aromatic nitrogens is 2. The molecular formula is C13H12F2N2O3S. The van der Waals surface area contributed by atoms with E-state index < -0.39 is 16.4 Å². The summed E-state index contributed by atoms with van der Waals surface area (Å²) in [5, 5.41) is -0.263. The van der Waals surface area contributed by atoms with Gasteiger partial charge in [0.15, 0.2) is 0 Å². The summed E-state index contributed by atoms with van der Waals surface area (Å²) < 4.78 is 52.4. The van der Waals surface area contributed by atoms with Crippen LogP contribution in [-0.2, 0) is 15.6 Å². The van der Waals surface area contributed by atoms with E-state index in [0.717, 1.165) is 5.56 Å². The number of sulfone groups is 1. The first-order chi connectivity index (χ1) is 9.87. The van der Waals surface area contributed by atoms with Crippen molar-refractivity contribution in [2.75, 3.05) is 0 Å². The molecule has 0 N–H and O–H groups in total. The number of alkyl halides is 2. The van der Waals surface area contributed by atoms with Gasteiger partial charge >= 0.3 is 6.61 Å². The zero-order valence-electron chi connectivity index (χ0n) is 11.0. The Bertz CT molecular complexity index is 701. The Kier molecular flexibility index (Phi) is 4.46. The molecule has 8 heteroatoms. The smallest absolute Gasteiger partial charge is 0.387 e. The van der Waals surface area contributed by atoms with E-state index in [1.54, 1.807) is 6.92 Å². The molecular weight excluding hydrogens is 302 g/mol. The molecule has 0 aliphatic rings. The van der Waals surface area contributed by atoms with E-state index in [1.807, 2.05) is 0 Å². The first-order valence-corrected chi connectivity index (χ1v) is 7.57. The lowest BCUT2D eigenvalue weighted by Crippen LogP contribution is -2.09. The maximum atomic E-state index is 12.1. The molecule has 1 heterocycles. The van der Waals surface area contributed by atoms with Crippen LogP contribution in [0.1, 0.15) is 11.1 Å². The van der Waals surface area contributed by atoms with Crippen LogP contribution in [0.3, 0.4) is 0 Å². The molecule has 2 aromatic rings. The van der Waals surface area contributed by atoms with Gasteiger partial charge in [-0.15, -0.1) is 0 Å². The first-order valence-electron chi connectivity index (χ1n) is 5.92. The zero-order chi connectivity index (χ0) is 15.5. The van der Waals surface area contributed by atoms with Crippen molar-refractivity contribution < 1.29 is 21.9 Å². The number of benzene rings is 1. The minimum Gasteiger partial charge on any atom is -0.435 e. The van der Waals surface area contributed by atoms with Crippen LogP contribution < -0.4 is 4.74 Å². The quantitative estimate of drug-likeness (QED) is 0.792. The van der Waals surface area contributed by atoms with Gasteiger partial charge in [-0.3, -0.25) is 0 Å². The summed E-state index contributed by atoms with van der Waals surface area (Å²) in [5.41, 5.74) is 1.18. The van der Waals surface area contributed by atoms with E-state index in [9.17, 15) is 17.2 Å². The SMILES string of the molecule is Cc1cnc(S(=O)(=O)Cc2ccc(OC(F)F)cc2)nc1. The van der Waals surface area contributed by atoms with Crippen molar-refractivity contribution >= 4 is 9.84 Å². The van der Waals surface area contributed by atoms with Gasteiger partial charge in [0.1, 0.15) is 5.75 Å². The number of aryl methyl sites for hydroxylation is 1. The van der Waals surface area contributed by atoms with Gasteiger partial charge in [0.05, 0.1) is 5.75 Å². The molecule has 0 fully saturated rings. The summed E-state index contributed by atoms with van der Waals surface area (Å²) in [7, 11) is -3.68. The molecule has 0 aliphatic carbocycles. The van der Waals surface area contributed by atoms with E-state index in [4.69, 9.17) is 0 Å². The Morgan fingerprint density at radius 3 is 2.24 bits per heavy atom. The van der Waals surface area contributed by atoms with Gasteiger partial charge in [-0.25, -0.2) is 18.4 Å². The second-order valence-corrected chi connectivity index (χ2v) is 6.21. The zero-order valence-corrected chi connectivity index (χ0v) is 11.8. The third-order valence-electron chi connectivity index (χ3n) is 2.54. The topological polar surface area (TPSA) is 69.2 Å². The summed E-state index contributed by atoms with van der Waals surface area (Å²) in [6, 6.07) is 5.38. The molecule has 112 valence electrons. The van der Waals surface area contributed by atoms with Crippen LogP contribution in [0.15, 0.2) is 41.8 Å². The molecule has 0 atom stereocenters. The largest absolute Gasteiger partial charge is 0.435 e. The standard InChI is InChI=1S/C13H12F2N2O3S/c1-9-6-16-13(17-7-9)21(18,19)8-10-2-4-11(5-3-10)20-12(14)15/h2-7,12H,8H2,1H3. The van der Waals surface area contributed by atoms with Crippen molar-refractivity contribution in [3.05, 3.63) is 47.8 Å². The monoisotopic (exact) mass is 314 g/mol. The summed E-state index contributed by atoms with van der Waals surface area (Å²) in [5.74, 6) is -0.344. The second-order valence-electron chi connectivity index (χ2n) is 4.32. The van der Waals surface area contributed by atoms with Crippen LogP contribution in [0.25, 0.3) is 0 Å². The lowest BCUT2D eigenvalue weighted by atomic mass is 10.2. The summed E-state index contributed by atoms with van der Waals surface area (Å²) in [4.78, 5) is 7.56. The van der Waals surface area contributed by atoms with Gasteiger partial charge in [-0.2, -0.15) is 8.78 Å². The predicted octanol–water partition coefficient (Wildman–Crippen LogP) is 2.36. The lowest BCUT2D eigenvalue weighted by Gasteiger charge is -2.06. The third-order valence-corrected chi connectivity index (χ3v) is 4.02. The molecule has 0 saturated carbocycles. The molecule has 0 aliphatic heterocycles. The number of ether oxygens (including phenoxy) is 1. The molecule has 0 saturated heterocycles. The van der Waals surface area contributed by atoms with Crippen molar-refractivity contribution in [3.63, 3.8) is 0 Å². The van der Waals surface area contributed by atoms with E-state index in [1.165, 1.54) is 36.7 Å². The minimum absolute atomic E-state index is 0.0299. The van der Waals surface area contributed by atoms with Gasteiger partial charge in [-0.05, 0) is 30.2 Å². The Labute approximate surface area is 120 Å². The van der Waals surface area contributed by atoms with Gasteiger partial charge in [0.2, 0.25) is 15.0 Å². The van der Waals surface area contributed by atoms with Crippen LogP contribution in [0.5, 0.6) is 5.75 Å². The third kappa shape index (κ3) is 4.19. The highest BCUT2D eigenvalue weighted by Gasteiger charge is 2.18. The number of hydrogen-bond acceptors (Lipinski definition) is 5. The average molecular weight is 314 g/mol. The molecule has 0 unspecified atom stereocenters. The maximum absolute atomic E-state index is 12.1. The molecule has 0 radical (unpaired) electrons. The number of nitrogens with zero attached hydrogens (tertiary/aromatic N) is 2.